The Hall–Kier alpha value is -1.47. The molecule has 3 aliphatic heterocycles. The molecular weight excluding hydrogens is 323 g/mol. The van der Waals surface area contributed by atoms with Crippen LogP contribution in [0.25, 0.3) is 0 Å². The molecule has 3 saturated heterocycles. The van der Waals surface area contributed by atoms with Crippen molar-refractivity contribution in [3.63, 3.8) is 0 Å². The summed E-state index contributed by atoms with van der Waals surface area (Å²) in [6, 6.07) is 0. The third kappa shape index (κ3) is 3.31. The van der Waals surface area contributed by atoms with E-state index in [1.54, 1.807) is 4.90 Å². The van der Waals surface area contributed by atoms with Crippen LogP contribution in [0.15, 0.2) is 12.4 Å². The molecule has 0 aromatic carbocycles. The summed E-state index contributed by atoms with van der Waals surface area (Å²) in [4.78, 5) is 16.8. The SMILES string of the molecule is Cn1cc(CCN2CCC3(CCN(C(=O)C4(F)CCOC4)C3)C2)cn1. The second-order valence-corrected chi connectivity index (χ2v) is 8.04. The first kappa shape index (κ1) is 17.0. The van der Waals surface area contributed by atoms with Crippen LogP contribution in [-0.4, -0.2) is 77.1 Å². The minimum absolute atomic E-state index is 0.0768. The summed E-state index contributed by atoms with van der Waals surface area (Å²) in [7, 11) is 1.94. The maximum atomic E-state index is 14.7. The van der Waals surface area contributed by atoms with Crippen LogP contribution in [0.1, 0.15) is 24.8 Å². The molecule has 1 aromatic heterocycles. The quantitative estimate of drug-likeness (QED) is 0.813. The first-order valence-electron chi connectivity index (χ1n) is 9.24. The number of halogens is 1. The van der Waals surface area contributed by atoms with E-state index in [1.165, 1.54) is 5.56 Å². The highest BCUT2D eigenvalue weighted by Gasteiger charge is 2.50. The average Bonchev–Trinajstić information content (AvgIpc) is 3.36. The minimum Gasteiger partial charge on any atom is -0.377 e. The predicted molar refractivity (Wildman–Crippen MR) is 90.9 cm³/mol. The number of hydrogen-bond donors (Lipinski definition) is 0. The van der Waals surface area contributed by atoms with Crippen LogP contribution in [0.5, 0.6) is 0 Å². The summed E-state index contributed by atoms with van der Waals surface area (Å²) in [5.74, 6) is -0.351. The summed E-state index contributed by atoms with van der Waals surface area (Å²) in [5, 5.41) is 4.21. The molecule has 0 saturated carbocycles. The van der Waals surface area contributed by atoms with E-state index in [0.717, 1.165) is 38.9 Å². The van der Waals surface area contributed by atoms with Gasteiger partial charge in [-0.1, -0.05) is 0 Å². The van der Waals surface area contributed by atoms with Crippen molar-refractivity contribution in [2.75, 3.05) is 45.9 Å². The van der Waals surface area contributed by atoms with Gasteiger partial charge >= 0.3 is 0 Å². The summed E-state index contributed by atoms with van der Waals surface area (Å²) < 4.78 is 21.6. The molecule has 1 amide bonds. The maximum absolute atomic E-state index is 14.7. The van der Waals surface area contributed by atoms with Gasteiger partial charge in [-0.3, -0.25) is 9.48 Å². The zero-order chi connectivity index (χ0) is 17.5. The van der Waals surface area contributed by atoms with E-state index in [4.69, 9.17) is 4.74 Å². The van der Waals surface area contributed by atoms with Gasteiger partial charge in [-0.2, -0.15) is 5.10 Å². The molecule has 138 valence electrons. The highest BCUT2D eigenvalue weighted by Crippen LogP contribution is 2.41. The summed E-state index contributed by atoms with van der Waals surface area (Å²) in [5.41, 5.74) is -0.378. The Morgan fingerprint density at radius 2 is 2.16 bits per heavy atom. The van der Waals surface area contributed by atoms with Gasteiger partial charge in [0.15, 0.2) is 0 Å². The summed E-state index contributed by atoms with van der Waals surface area (Å²) in [6.45, 7) is 4.74. The van der Waals surface area contributed by atoms with Crippen LogP contribution < -0.4 is 0 Å². The van der Waals surface area contributed by atoms with Gasteiger partial charge in [-0.15, -0.1) is 0 Å². The fourth-order valence-electron chi connectivity index (χ4n) is 4.54. The molecule has 0 N–H and O–H groups in total. The van der Waals surface area contributed by atoms with Crippen molar-refractivity contribution in [3.8, 4) is 0 Å². The second-order valence-electron chi connectivity index (χ2n) is 8.04. The zero-order valence-corrected chi connectivity index (χ0v) is 14.9. The lowest BCUT2D eigenvalue weighted by Crippen LogP contribution is -2.46. The molecule has 2 unspecified atom stereocenters. The standard InChI is InChI=1S/C18H27FN4O2/c1-21-11-15(10-20-21)2-6-22-7-3-17(12-22)4-8-23(13-17)16(24)18(19)5-9-25-14-18/h10-11H,2-9,12-14H2,1H3. The van der Waals surface area contributed by atoms with Crippen molar-refractivity contribution in [1.29, 1.82) is 0 Å². The zero-order valence-electron chi connectivity index (χ0n) is 14.9. The van der Waals surface area contributed by atoms with E-state index < -0.39 is 5.67 Å². The van der Waals surface area contributed by atoms with Gasteiger partial charge in [-0.25, -0.2) is 4.39 Å². The minimum atomic E-state index is -1.79. The number of amides is 1. The number of likely N-dealkylation sites (tertiary alicyclic amines) is 2. The van der Waals surface area contributed by atoms with Crippen LogP contribution in [0.3, 0.4) is 0 Å². The van der Waals surface area contributed by atoms with Crippen LogP contribution in [0.4, 0.5) is 4.39 Å². The molecule has 1 spiro atoms. The van der Waals surface area contributed by atoms with Gasteiger partial charge in [0.05, 0.1) is 19.4 Å². The average molecular weight is 350 g/mol. The van der Waals surface area contributed by atoms with Crippen LogP contribution in [0, 0.1) is 5.41 Å². The van der Waals surface area contributed by atoms with Gasteiger partial charge in [0.2, 0.25) is 5.67 Å². The third-order valence-corrected chi connectivity index (χ3v) is 6.07. The second kappa shape index (κ2) is 6.36. The van der Waals surface area contributed by atoms with Crippen molar-refractivity contribution >= 4 is 5.91 Å². The normalized spacial score (nSPS) is 33.0. The topological polar surface area (TPSA) is 50.6 Å². The van der Waals surface area contributed by atoms with Crippen LogP contribution >= 0.6 is 0 Å². The van der Waals surface area contributed by atoms with Crippen molar-refractivity contribution in [2.45, 2.75) is 31.4 Å². The largest absolute Gasteiger partial charge is 0.377 e. The van der Waals surface area contributed by atoms with Crippen molar-refractivity contribution in [1.82, 2.24) is 19.6 Å². The molecule has 25 heavy (non-hydrogen) atoms. The number of alkyl halides is 1. The fourth-order valence-corrected chi connectivity index (χ4v) is 4.54. The summed E-state index contributed by atoms with van der Waals surface area (Å²) >= 11 is 0. The number of ether oxygens (including phenoxy) is 1. The molecule has 2 atom stereocenters. The van der Waals surface area contributed by atoms with Gasteiger partial charge in [0, 0.05) is 51.3 Å². The Morgan fingerprint density at radius 1 is 1.32 bits per heavy atom. The Bertz CT molecular complexity index is 643. The molecule has 0 bridgehead atoms. The monoisotopic (exact) mass is 350 g/mol. The number of aromatic nitrogens is 2. The first-order valence-corrected chi connectivity index (χ1v) is 9.24. The maximum Gasteiger partial charge on any atom is 0.262 e. The molecule has 6 nitrogen and oxygen atoms in total. The van der Waals surface area contributed by atoms with Gasteiger partial charge in [0.25, 0.3) is 5.91 Å². The predicted octanol–water partition coefficient (Wildman–Crippen LogP) is 1.02. The number of nitrogens with zero attached hydrogens (tertiary/aromatic N) is 4. The molecule has 1 aromatic rings. The number of carbonyl (C=O) groups excluding carboxylic acids is 1. The van der Waals surface area contributed by atoms with Crippen LogP contribution in [-0.2, 0) is 23.0 Å². The van der Waals surface area contributed by atoms with E-state index in [9.17, 15) is 9.18 Å². The Balaban J connectivity index is 1.31. The van der Waals surface area contributed by atoms with Crippen LogP contribution in [0.2, 0.25) is 0 Å². The highest BCUT2D eigenvalue weighted by molar-refractivity contribution is 5.86. The Morgan fingerprint density at radius 3 is 2.88 bits per heavy atom. The Labute approximate surface area is 147 Å². The lowest BCUT2D eigenvalue weighted by atomic mass is 9.86. The fraction of sp³-hybridized carbons (Fsp3) is 0.778. The third-order valence-electron chi connectivity index (χ3n) is 6.07. The number of rotatable bonds is 4. The smallest absolute Gasteiger partial charge is 0.262 e. The van der Waals surface area contributed by atoms with Crippen molar-refractivity contribution < 1.29 is 13.9 Å². The molecule has 3 fully saturated rings. The highest BCUT2D eigenvalue weighted by atomic mass is 19.1. The lowest BCUT2D eigenvalue weighted by Gasteiger charge is -2.27. The first-order chi connectivity index (χ1) is 12.0. The number of carbonyl (C=O) groups is 1. The lowest BCUT2D eigenvalue weighted by molar-refractivity contribution is -0.143. The molecule has 0 radical (unpaired) electrons. The number of hydrogen-bond acceptors (Lipinski definition) is 4. The van der Waals surface area contributed by atoms with Gasteiger partial charge in [-0.05, 0) is 31.4 Å². The molecule has 0 aliphatic carbocycles. The van der Waals surface area contributed by atoms with Gasteiger partial charge in [0.1, 0.15) is 0 Å². The molecule has 7 heteroatoms. The van der Waals surface area contributed by atoms with E-state index >= 15 is 0 Å². The summed E-state index contributed by atoms with van der Waals surface area (Å²) in [6.07, 6.45) is 7.26. The van der Waals surface area contributed by atoms with Gasteiger partial charge < -0.3 is 14.5 Å². The van der Waals surface area contributed by atoms with Crippen molar-refractivity contribution in [2.24, 2.45) is 12.5 Å². The number of aryl methyl sites for hydroxylation is 1. The van der Waals surface area contributed by atoms with E-state index in [-0.39, 0.29) is 24.3 Å². The molecule has 3 aliphatic rings. The van der Waals surface area contributed by atoms with E-state index in [1.807, 2.05) is 17.9 Å². The molecular formula is C18H27FN4O2. The van der Waals surface area contributed by atoms with Crippen molar-refractivity contribution in [3.05, 3.63) is 18.0 Å². The molecule has 4 heterocycles. The Kier molecular flexibility index (Phi) is 4.32. The molecule has 4 rings (SSSR count). The van der Waals surface area contributed by atoms with E-state index in [0.29, 0.717) is 19.7 Å². The van der Waals surface area contributed by atoms with E-state index in [2.05, 4.69) is 16.2 Å².